The number of halogens is 1. The first kappa shape index (κ1) is 18.5. The third-order valence-corrected chi connectivity index (χ3v) is 5.53. The SMILES string of the molecule is CC1(c2cccc3ccccc23)NC(=O)N(CCOc2ccc(Br)cc2)C1=O. The molecule has 1 aliphatic heterocycles. The van der Waals surface area contributed by atoms with E-state index in [1.165, 1.54) is 4.90 Å². The summed E-state index contributed by atoms with van der Waals surface area (Å²) in [7, 11) is 0. The number of urea groups is 1. The Morgan fingerprint density at radius 2 is 1.71 bits per heavy atom. The van der Waals surface area contributed by atoms with Crippen molar-refractivity contribution in [2.24, 2.45) is 0 Å². The number of carbonyl (C=O) groups is 2. The van der Waals surface area contributed by atoms with Crippen LogP contribution in [-0.2, 0) is 10.3 Å². The number of ether oxygens (including phenoxy) is 1. The van der Waals surface area contributed by atoms with Crippen molar-refractivity contribution in [2.75, 3.05) is 13.2 Å². The van der Waals surface area contributed by atoms with E-state index in [2.05, 4.69) is 21.2 Å². The Bertz CT molecular complexity index is 1050. The quantitative estimate of drug-likeness (QED) is 0.598. The first-order chi connectivity index (χ1) is 13.5. The molecule has 1 unspecified atom stereocenters. The molecule has 0 aromatic heterocycles. The van der Waals surface area contributed by atoms with Crippen molar-refractivity contribution in [2.45, 2.75) is 12.5 Å². The Morgan fingerprint density at radius 3 is 2.50 bits per heavy atom. The lowest BCUT2D eigenvalue weighted by Gasteiger charge is -2.24. The number of fused-ring (bicyclic) bond motifs is 1. The van der Waals surface area contributed by atoms with Gasteiger partial charge in [0.15, 0.2) is 0 Å². The molecule has 1 fully saturated rings. The van der Waals surface area contributed by atoms with Gasteiger partial charge in [0.2, 0.25) is 0 Å². The van der Waals surface area contributed by atoms with E-state index in [4.69, 9.17) is 4.74 Å². The number of benzene rings is 3. The largest absolute Gasteiger partial charge is 0.492 e. The molecule has 1 N–H and O–H groups in total. The second-order valence-corrected chi connectivity index (χ2v) is 7.76. The third-order valence-electron chi connectivity index (χ3n) is 5.00. The van der Waals surface area contributed by atoms with Gasteiger partial charge in [-0.15, -0.1) is 0 Å². The highest BCUT2D eigenvalue weighted by atomic mass is 79.9. The summed E-state index contributed by atoms with van der Waals surface area (Å²) in [6, 6.07) is 20.6. The first-order valence-corrected chi connectivity index (χ1v) is 9.79. The van der Waals surface area contributed by atoms with Crippen molar-refractivity contribution >= 4 is 38.6 Å². The summed E-state index contributed by atoms with van der Waals surface area (Å²) in [5, 5.41) is 4.85. The van der Waals surface area contributed by atoms with Gasteiger partial charge in [0.05, 0.1) is 6.54 Å². The maximum absolute atomic E-state index is 13.1. The molecule has 1 saturated heterocycles. The van der Waals surface area contributed by atoms with E-state index in [0.29, 0.717) is 5.75 Å². The van der Waals surface area contributed by atoms with Gasteiger partial charge in [-0.05, 0) is 47.5 Å². The van der Waals surface area contributed by atoms with Crippen LogP contribution in [0.3, 0.4) is 0 Å². The minimum atomic E-state index is -1.10. The molecule has 3 amide bonds. The molecule has 6 heteroatoms. The van der Waals surface area contributed by atoms with Crippen LogP contribution in [0.15, 0.2) is 71.2 Å². The van der Waals surface area contributed by atoms with E-state index in [9.17, 15) is 9.59 Å². The standard InChI is InChI=1S/C22H19BrN2O3/c1-22(19-8-4-6-15-5-2-3-7-18(15)19)20(26)25(21(27)24-22)13-14-28-17-11-9-16(23)10-12-17/h2-12H,13-14H2,1H3,(H,24,27). The van der Waals surface area contributed by atoms with Gasteiger partial charge in [-0.3, -0.25) is 9.69 Å². The number of amides is 3. The van der Waals surface area contributed by atoms with Crippen LogP contribution in [0.2, 0.25) is 0 Å². The highest BCUT2D eigenvalue weighted by Crippen LogP contribution is 2.33. The van der Waals surface area contributed by atoms with Gasteiger partial charge in [0, 0.05) is 4.47 Å². The maximum Gasteiger partial charge on any atom is 0.325 e. The molecular formula is C22H19BrN2O3. The molecule has 28 heavy (non-hydrogen) atoms. The van der Waals surface area contributed by atoms with Crippen LogP contribution >= 0.6 is 15.9 Å². The van der Waals surface area contributed by atoms with E-state index in [0.717, 1.165) is 20.8 Å². The minimum absolute atomic E-state index is 0.182. The van der Waals surface area contributed by atoms with Crippen LogP contribution in [-0.4, -0.2) is 30.0 Å². The molecule has 1 heterocycles. The summed E-state index contributed by atoms with van der Waals surface area (Å²) in [4.78, 5) is 26.9. The van der Waals surface area contributed by atoms with E-state index >= 15 is 0 Å². The van der Waals surface area contributed by atoms with Crippen molar-refractivity contribution in [3.63, 3.8) is 0 Å². The number of carbonyl (C=O) groups excluding carboxylic acids is 2. The van der Waals surface area contributed by atoms with E-state index < -0.39 is 11.6 Å². The van der Waals surface area contributed by atoms with Gasteiger partial charge >= 0.3 is 6.03 Å². The summed E-state index contributed by atoms with van der Waals surface area (Å²) >= 11 is 3.37. The van der Waals surface area contributed by atoms with Crippen LogP contribution < -0.4 is 10.1 Å². The minimum Gasteiger partial charge on any atom is -0.492 e. The zero-order chi connectivity index (χ0) is 19.7. The van der Waals surface area contributed by atoms with Crippen LogP contribution in [0.5, 0.6) is 5.75 Å². The fourth-order valence-corrected chi connectivity index (χ4v) is 3.79. The molecule has 0 spiro atoms. The fourth-order valence-electron chi connectivity index (χ4n) is 3.53. The molecule has 0 radical (unpaired) electrons. The van der Waals surface area contributed by atoms with Gasteiger partial charge < -0.3 is 10.1 Å². The van der Waals surface area contributed by atoms with Crippen LogP contribution in [0.25, 0.3) is 10.8 Å². The summed E-state index contributed by atoms with van der Waals surface area (Å²) in [6.45, 7) is 2.16. The summed E-state index contributed by atoms with van der Waals surface area (Å²) in [5.74, 6) is 0.417. The zero-order valence-corrected chi connectivity index (χ0v) is 16.9. The molecule has 0 saturated carbocycles. The molecule has 0 aliphatic carbocycles. The predicted octanol–water partition coefficient (Wildman–Crippen LogP) is 4.45. The monoisotopic (exact) mass is 438 g/mol. The molecule has 1 atom stereocenters. The first-order valence-electron chi connectivity index (χ1n) is 9.00. The maximum atomic E-state index is 13.1. The van der Waals surface area contributed by atoms with Gasteiger partial charge in [-0.25, -0.2) is 4.79 Å². The Kier molecular flexibility index (Phi) is 4.81. The van der Waals surface area contributed by atoms with E-state index in [1.54, 1.807) is 6.92 Å². The van der Waals surface area contributed by atoms with Crippen LogP contribution in [0.1, 0.15) is 12.5 Å². The van der Waals surface area contributed by atoms with E-state index in [1.807, 2.05) is 66.7 Å². The second kappa shape index (κ2) is 7.28. The van der Waals surface area contributed by atoms with Crippen molar-refractivity contribution < 1.29 is 14.3 Å². The highest BCUT2D eigenvalue weighted by Gasteiger charge is 2.49. The van der Waals surface area contributed by atoms with Gasteiger partial charge in [0.1, 0.15) is 17.9 Å². The van der Waals surface area contributed by atoms with Crippen molar-refractivity contribution in [3.05, 3.63) is 76.8 Å². The number of nitrogens with zero attached hydrogens (tertiary/aromatic N) is 1. The second-order valence-electron chi connectivity index (χ2n) is 6.84. The van der Waals surface area contributed by atoms with Gasteiger partial charge in [-0.1, -0.05) is 58.4 Å². The summed E-state index contributed by atoms with van der Waals surface area (Å²) in [6.07, 6.45) is 0. The third kappa shape index (κ3) is 3.24. The van der Waals surface area contributed by atoms with Crippen molar-refractivity contribution in [3.8, 4) is 5.75 Å². The molecular weight excluding hydrogens is 420 g/mol. The molecule has 1 aliphatic rings. The Morgan fingerprint density at radius 1 is 1.00 bits per heavy atom. The molecule has 4 rings (SSSR count). The Balaban J connectivity index is 1.53. The molecule has 0 bridgehead atoms. The molecule has 3 aromatic rings. The number of nitrogens with one attached hydrogen (secondary N) is 1. The number of hydrogen-bond acceptors (Lipinski definition) is 3. The lowest BCUT2D eigenvalue weighted by Crippen LogP contribution is -2.41. The average molecular weight is 439 g/mol. The van der Waals surface area contributed by atoms with Gasteiger partial charge in [-0.2, -0.15) is 0 Å². The molecule has 142 valence electrons. The smallest absolute Gasteiger partial charge is 0.325 e. The number of rotatable bonds is 5. The lowest BCUT2D eigenvalue weighted by molar-refractivity contribution is -0.131. The highest BCUT2D eigenvalue weighted by molar-refractivity contribution is 9.10. The average Bonchev–Trinajstić information content (AvgIpc) is 2.92. The topological polar surface area (TPSA) is 58.6 Å². The summed E-state index contributed by atoms with van der Waals surface area (Å²) in [5.41, 5.74) is -0.310. The summed E-state index contributed by atoms with van der Waals surface area (Å²) < 4.78 is 6.63. The Hall–Kier alpha value is -2.86. The molecule has 3 aromatic carbocycles. The lowest BCUT2D eigenvalue weighted by atomic mass is 9.88. The van der Waals surface area contributed by atoms with E-state index in [-0.39, 0.29) is 19.1 Å². The zero-order valence-electron chi connectivity index (χ0n) is 15.3. The van der Waals surface area contributed by atoms with Crippen molar-refractivity contribution in [1.29, 1.82) is 0 Å². The number of imide groups is 1. The van der Waals surface area contributed by atoms with Crippen molar-refractivity contribution in [1.82, 2.24) is 10.2 Å². The van der Waals surface area contributed by atoms with Crippen LogP contribution in [0, 0.1) is 0 Å². The van der Waals surface area contributed by atoms with Gasteiger partial charge in [0.25, 0.3) is 5.91 Å². The fraction of sp³-hybridized carbons (Fsp3) is 0.182. The predicted molar refractivity (Wildman–Crippen MR) is 111 cm³/mol. The Labute approximate surface area is 171 Å². The van der Waals surface area contributed by atoms with Crippen LogP contribution in [0.4, 0.5) is 4.79 Å². The number of hydrogen-bond donors (Lipinski definition) is 1. The molecule has 5 nitrogen and oxygen atoms in total. The normalized spacial score (nSPS) is 19.1.